The van der Waals surface area contributed by atoms with E-state index in [2.05, 4.69) is 16.5 Å². The molecule has 1 unspecified atom stereocenters. The molecule has 1 aliphatic heterocycles. The maximum Gasteiger partial charge on any atom is 0.229 e. The Morgan fingerprint density at radius 3 is 2.58 bits per heavy atom. The molecule has 0 radical (unpaired) electrons. The lowest BCUT2D eigenvalue weighted by Gasteiger charge is -2.14. The van der Waals surface area contributed by atoms with Crippen molar-refractivity contribution in [1.29, 1.82) is 0 Å². The van der Waals surface area contributed by atoms with Crippen LogP contribution in [0, 0.1) is 13.8 Å². The smallest absolute Gasteiger partial charge is 0.229 e. The summed E-state index contributed by atoms with van der Waals surface area (Å²) >= 11 is 0. The van der Waals surface area contributed by atoms with Gasteiger partial charge in [-0.25, -0.2) is 4.68 Å². The molecule has 4 rings (SSSR count). The van der Waals surface area contributed by atoms with Gasteiger partial charge in [0, 0.05) is 16.4 Å². The van der Waals surface area contributed by atoms with Gasteiger partial charge in [0.2, 0.25) is 5.91 Å². The van der Waals surface area contributed by atoms with E-state index < -0.39 is 10.8 Å². The summed E-state index contributed by atoms with van der Waals surface area (Å²) in [6.07, 6.45) is 0.163. The van der Waals surface area contributed by atoms with E-state index in [1.54, 1.807) is 31.0 Å². The topological polar surface area (TPSA) is 82.5 Å². The number of ether oxygens (including phenoxy) is 2. The van der Waals surface area contributed by atoms with E-state index in [4.69, 9.17) is 9.47 Å². The van der Waals surface area contributed by atoms with Crippen LogP contribution in [0.4, 0.5) is 5.82 Å². The number of hydrogen-bond donors (Lipinski definition) is 1. The Bertz CT molecular complexity index is 1190. The predicted molar refractivity (Wildman–Crippen MR) is 120 cm³/mol. The molecule has 0 spiro atoms. The van der Waals surface area contributed by atoms with Gasteiger partial charge < -0.3 is 14.8 Å². The van der Waals surface area contributed by atoms with Gasteiger partial charge in [0.05, 0.1) is 43.5 Å². The zero-order chi connectivity index (χ0) is 22.1. The summed E-state index contributed by atoms with van der Waals surface area (Å²) in [5.41, 5.74) is 5.53. The molecule has 0 saturated carbocycles. The van der Waals surface area contributed by atoms with Gasteiger partial charge in [0.1, 0.15) is 5.82 Å². The van der Waals surface area contributed by atoms with Gasteiger partial charge in [-0.2, -0.15) is 5.10 Å². The second-order valence-electron chi connectivity index (χ2n) is 7.62. The van der Waals surface area contributed by atoms with E-state index in [9.17, 15) is 9.00 Å². The normalized spacial score (nSPS) is 14.9. The van der Waals surface area contributed by atoms with Crippen molar-refractivity contribution >= 4 is 22.5 Å². The van der Waals surface area contributed by atoms with Crippen LogP contribution in [0.5, 0.6) is 11.5 Å². The molecule has 1 atom stereocenters. The number of nitrogens with zero attached hydrogens (tertiary/aromatic N) is 2. The quantitative estimate of drug-likeness (QED) is 0.636. The minimum atomic E-state index is -0.991. The van der Waals surface area contributed by atoms with Crippen LogP contribution in [0.15, 0.2) is 36.4 Å². The molecular formula is C23H25N3O4S. The number of nitrogens with one attached hydrogen (secondary N) is 1. The van der Waals surface area contributed by atoms with Crippen molar-refractivity contribution in [3.05, 3.63) is 64.3 Å². The SMILES string of the molecule is COc1ccc(CC(=O)Nc2c3c(nn2-c2ccc(C)cc2C)CS(=O)C3)cc1OC. The highest BCUT2D eigenvalue weighted by atomic mass is 32.2. The van der Waals surface area contributed by atoms with Gasteiger partial charge in [0.25, 0.3) is 0 Å². The largest absolute Gasteiger partial charge is 0.493 e. The summed E-state index contributed by atoms with van der Waals surface area (Å²) in [4.78, 5) is 12.9. The van der Waals surface area contributed by atoms with Crippen LogP contribution in [-0.2, 0) is 33.5 Å². The number of anilines is 1. The fraction of sp³-hybridized carbons (Fsp3) is 0.304. The molecule has 0 fully saturated rings. The molecule has 1 amide bonds. The number of aryl methyl sites for hydroxylation is 2. The first kappa shape index (κ1) is 21.1. The van der Waals surface area contributed by atoms with E-state index in [-0.39, 0.29) is 12.3 Å². The summed E-state index contributed by atoms with van der Waals surface area (Å²) < 4.78 is 24.5. The zero-order valence-corrected chi connectivity index (χ0v) is 18.8. The fourth-order valence-corrected chi connectivity index (χ4v) is 5.09. The number of carbonyl (C=O) groups excluding carboxylic acids is 1. The highest BCUT2D eigenvalue weighted by Gasteiger charge is 2.28. The molecule has 1 aromatic heterocycles. The molecule has 0 aliphatic carbocycles. The van der Waals surface area contributed by atoms with Crippen molar-refractivity contribution in [2.24, 2.45) is 0 Å². The molecule has 8 heteroatoms. The molecule has 2 heterocycles. The van der Waals surface area contributed by atoms with Gasteiger partial charge in [-0.15, -0.1) is 0 Å². The van der Waals surface area contributed by atoms with Crippen LogP contribution in [0.2, 0.25) is 0 Å². The summed E-state index contributed by atoms with van der Waals surface area (Å²) in [6.45, 7) is 4.05. The van der Waals surface area contributed by atoms with Crippen LogP contribution >= 0.6 is 0 Å². The fourth-order valence-electron chi connectivity index (χ4n) is 3.83. The lowest BCUT2D eigenvalue weighted by Crippen LogP contribution is -2.18. The molecular weight excluding hydrogens is 414 g/mol. The van der Waals surface area contributed by atoms with Crippen LogP contribution in [-0.4, -0.2) is 34.1 Å². The molecule has 1 N–H and O–H groups in total. The Hall–Kier alpha value is -3.13. The number of benzene rings is 2. The molecule has 31 heavy (non-hydrogen) atoms. The van der Waals surface area contributed by atoms with Crippen molar-refractivity contribution < 1.29 is 18.5 Å². The number of hydrogen-bond acceptors (Lipinski definition) is 5. The van der Waals surface area contributed by atoms with E-state index in [0.29, 0.717) is 28.8 Å². The summed E-state index contributed by atoms with van der Waals surface area (Å²) in [5, 5.41) is 7.71. The van der Waals surface area contributed by atoms with E-state index in [1.807, 2.05) is 32.0 Å². The minimum absolute atomic E-state index is 0.163. The highest BCUT2D eigenvalue weighted by molar-refractivity contribution is 7.83. The second-order valence-corrected chi connectivity index (χ2v) is 9.08. The van der Waals surface area contributed by atoms with E-state index >= 15 is 0 Å². The number of aromatic nitrogens is 2. The molecule has 162 valence electrons. The van der Waals surface area contributed by atoms with Gasteiger partial charge >= 0.3 is 0 Å². The van der Waals surface area contributed by atoms with Gasteiger partial charge in [0.15, 0.2) is 11.5 Å². The monoisotopic (exact) mass is 439 g/mol. The maximum absolute atomic E-state index is 12.9. The first-order valence-corrected chi connectivity index (χ1v) is 11.4. The van der Waals surface area contributed by atoms with Crippen molar-refractivity contribution in [3.63, 3.8) is 0 Å². The Morgan fingerprint density at radius 1 is 1.10 bits per heavy atom. The molecule has 3 aromatic rings. The second kappa shape index (κ2) is 8.55. The Labute approximate surface area is 183 Å². The molecule has 1 aliphatic rings. The number of fused-ring (bicyclic) bond motifs is 1. The standard InChI is InChI=1S/C23H25N3O4S/c1-14-5-7-19(15(2)9-14)26-23(17-12-31(28)13-18(17)25-26)24-22(27)11-16-6-8-20(29-3)21(10-16)30-4/h5-10H,11-13H2,1-4H3,(H,24,27). The average Bonchev–Trinajstić information content (AvgIpc) is 3.24. The first-order valence-electron chi connectivity index (χ1n) is 9.93. The van der Waals surface area contributed by atoms with E-state index in [1.165, 1.54) is 0 Å². The van der Waals surface area contributed by atoms with Crippen LogP contribution in [0.25, 0.3) is 5.69 Å². The summed E-state index contributed by atoms with van der Waals surface area (Å²) in [7, 11) is 2.14. The van der Waals surface area contributed by atoms with Crippen LogP contribution in [0.1, 0.15) is 27.9 Å². The number of methoxy groups -OCH3 is 2. The minimum Gasteiger partial charge on any atom is -0.493 e. The van der Waals surface area contributed by atoms with E-state index in [0.717, 1.165) is 33.6 Å². The van der Waals surface area contributed by atoms with Gasteiger partial charge in [-0.1, -0.05) is 23.8 Å². The average molecular weight is 440 g/mol. The zero-order valence-electron chi connectivity index (χ0n) is 18.0. The molecule has 7 nitrogen and oxygen atoms in total. The van der Waals surface area contributed by atoms with Crippen molar-refractivity contribution in [3.8, 4) is 17.2 Å². The third-order valence-corrected chi connectivity index (χ3v) is 6.53. The highest BCUT2D eigenvalue weighted by Crippen LogP contribution is 2.33. The lowest BCUT2D eigenvalue weighted by atomic mass is 10.1. The number of rotatable bonds is 6. The first-order chi connectivity index (χ1) is 14.9. The molecule has 0 saturated heterocycles. The Balaban J connectivity index is 1.65. The number of carbonyl (C=O) groups is 1. The predicted octanol–water partition coefficient (Wildman–Crippen LogP) is 3.45. The van der Waals surface area contributed by atoms with Gasteiger partial charge in [-0.05, 0) is 43.2 Å². The van der Waals surface area contributed by atoms with Crippen molar-refractivity contribution in [1.82, 2.24) is 9.78 Å². The third kappa shape index (κ3) is 4.20. The van der Waals surface area contributed by atoms with Crippen LogP contribution < -0.4 is 14.8 Å². The molecule has 2 aromatic carbocycles. The van der Waals surface area contributed by atoms with Gasteiger partial charge in [-0.3, -0.25) is 9.00 Å². The Morgan fingerprint density at radius 2 is 1.87 bits per heavy atom. The summed E-state index contributed by atoms with van der Waals surface area (Å²) in [6, 6.07) is 11.5. The summed E-state index contributed by atoms with van der Waals surface area (Å²) in [5.74, 6) is 2.40. The van der Waals surface area contributed by atoms with Crippen LogP contribution in [0.3, 0.4) is 0 Å². The maximum atomic E-state index is 12.9. The third-order valence-electron chi connectivity index (χ3n) is 5.32. The Kier molecular flexibility index (Phi) is 5.82. The lowest BCUT2D eigenvalue weighted by molar-refractivity contribution is -0.115. The molecule has 0 bridgehead atoms. The number of amides is 1. The van der Waals surface area contributed by atoms with Crippen molar-refractivity contribution in [2.45, 2.75) is 31.8 Å². The van der Waals surface area contributed by atoms with Crippen molar-refractivity contribution in [2.75, 3.05) is 19.5 Å².